The maximum atomic E-state index is 11.8. The van der Waals surface area contributed by atoms with Crippen LogP contribution in [0, 0.1) is 0 Å². The molecule has 2 aromatic carbocycles. The summed E-state index contributed by atoms with van der Waals surface area (Å²) < 4.78 is 16.0. The largest absolute Gasteiger partial charge is 0.484 e. The van der Waals surface area contributed by atoms with Crippen molar-refractivity contribution in [3.05, 3.63) is 56.5 Å². The molecule has 0 heterocycles. The first-order chi connectivity index (χ1) is 14.3. The number of ether oxygens (including phenoxy) is 3. The number of nitrogens with one attached hydrogen (secondary N) is 2. The summed E-state index contributed by atoms with van der Waals surface area (Å²) in [7, 11) is 0. The smallest absolute Gasteiger partial charge is 0.338 e. The van der Waals surface area contributed by atoms with E-state index in [4.69, 9.17) is 37.4 Å². The van der Waals surface area contributed by atoms with Crippen LogP contribution in [-0.2, 0) is 14.3 Å². The third-order valence-electron chi connectivity index (χ3n) is 3.39. The second-order valence-electron chi connectivity index (χ2n) is 5.62. The Kier molecular flexibility index (Phi) is 9.22. The molecule has 2 amide bonds. The van der Waals surface area contributed by atoms with Crippen molar-refractivity contribution >= 4 is 56.9 Å². The third kappa shape index (κ3) is 7.40. The number of benzene rings is 2. The minimum absolute atomic E-state index is 0.230. The van der Waals surface area contributed by atoms with E-state index in [0.717, 1.165) is 0 Å². The molecule has 2 aromatic rings. The Morgan fingerprint density at radius 3 is 2.13 bits per heavy atom. The summed E-state index contributed by atoms with van der Waals surface area (Å²) in [6.07, 6.45) is 0. The molecular formula is C19H17BrCl2N2O6. The average molecular weight is 520 g/mol. The normalized spacial score (nSPS) is 10.1. The van der Waals surface area contributed by atoms with Crippen LogP contribution in [0.25, 0.3) is 0 Å². The lowest BCUT2D eigenvalue weighted by Crippen LogP contribution is -2.45. The second kappa shape index (κ2) is 11.6. The number of carbonyl (C=O) groups excluding carboxylic acids is 3. The summed E-state index contributed by atoms with van der Waals surface area (Å²) in [5, 5.41) is 0.639. The van der Waals surface area contributed by atoms with Crippen molar-refractivity contribution in [3.63, 3.8) is 0 Å². The predicted molar refractivity (Wildman–Crippen MR) is 114 cm³/mol. The monoisotopic (exact) mass is 518 g/mol. The molecule has 0 spiro atoms. The van der Waals surface area contributed by atoms with Gasteiger partial charge in [-0.15, -0.1) is 0 Å². The molecule has 0 fully saturated rings. The molecule has 0 saturated carbocycles. The Morgan fingerprint density at radius 2 is 1.57 bits per heavy atom. The summed E-state index contributed by atoms with van der Waals surface area (Å²) >= 11 is 15.1. The Morgan fingerprint density at radius 1 is 0.967 bits per heavy atom. The van der Waals surface area contributed by atoms with Gasteiger partial charge in [-0.3, -0.25) is 20.4 Å². The molecule has 0 aromatic heterocycles. The third-order valence-corrected chi connectivity index (χ3v) is 4.48. The van der Waals surface area contributed by atoms with Gasteiger partial charge in [0.2, 0.25) is 0 Å². The van der Waals surface area contributed by atoms with Crippen LogP contribution in [0.4, 0.5) is 0 Å². The summed E-state index contributed by atoms with van der Waals surface area (Å²) in [5.74, 6) is -1.03. The summed E-state index contributed by atoms with van der Waals surface area (Å²) in [6.45, 7) is 1.24. The van der Waals surface area contributed by atoms with Gasteiger partial charge in [0, 0.05) is 5.02 Å². The highest BCUT2D eigenvalue weighted by Gasteiger charge is 2.12. The fourth-order valence-corrected chi connectivity index (χ4v) is 3.44. The second-order valence-corrected chi connectivity index (χ2v) is 7.32. The standard InChI is InChI=1S/C19H17BrCl2N2O6/c1-2-28-19(27)11-3-5-13(6-4-11)29-9-16(25)23-24-17(26)10-30-18-14(20)7-12(21)8-15(18)22/h3-8H,2,9-10H2,1H3,(H,23,25)(H,24,26). The van der Waals surface area contributed by atoms with Crippen LogP contribution in [0.1, 0.15) is 17.3 Å². The Balaban J connectivity index is 1.73. The number of esters is 1. The molecule has 160 valence electrons. The Labute approximate surface area is 190 Å². The van der Waals surface area contributed by atoms with E-state index in [9.17, 15) is 14.4 Å². The highest BCUT2D eigenvalue weighted by molar-refractivity contribution is 9.10. The summed E-state index contributed by atoms with van der Waals surface area (Å²) in [4.78, 5) is 35.2. The maximum absolute atomic E-state index is 11.8. The maximum Gasteiger partial charge on any atom is 0.338 e. The average Bonchev–Trinajstić information content (AvgIpc) is 2.70. The molecule has 8 nitrogen and oxygen atoms in total. The van der Waals surface area contributed by atoms with Gasteiger partial charge >= 0.3 is 5.97 Å². The number of rotatable bonds is 8. The van der Waals surface area contributed by atoms with Crippen molar-refractivity contribution in [2.75, 3.05) is 19.8 Å². The summed E-state index contributed by atoms with van der Waals surface area (Å²) in [6, 6.07) is 9.13. The molecule has 0 radical (unpaired) electrons. The highest BCUT2D eigenvalue weighted by atomic mass is 79.9. The predicted octanol–water partition coefficient (Wildman–Crippen LogP) is 3.54. The van der Waals surface area contributed by atoms with Crippen molar-refractivity contribution in [2.45, 2.75) is 6.92 Å². The van der Waals surface area contributed by atoms with Gasteiger partial charge in [-0.1, -0.05) is 23.2 Å². The molecular weight excluding hydrogens is 503 g/mol. The van der Waals surface area contributed by atoms with Crippen molar-refractivity contribution in [1.29, 1.82) is 0 Å². The van der Waals surface area contributed by atoms with Crippen molar-refractivity contribution < 1.29 is 28.6 Å². The first-order valence-corrected chi connectivity index (χ1v) is 10.1. The fourth-order valence-electron chi connectivity index (χ4n) is 2.07. The fraction of sp³-hybridized carbons (Fsp3) is 0.211. The van der Waals surface area contributed by atoms with Crippen LogP contribution in [-0.4, -0.2) is 37.6 Å². The van der Waals surface area contributed by atoms with Crippen molar-refractivity contribution in [2.24, 2.45) is 0 Å². The quantitative estimate of drug-likeness (QED) is 0.408. The zero-order chi connectivity index (χ0) is 22.1. The van der Waals surface area contributed by atoms with Gasteiger partial charge < -0.3 is 14.2 Å². The van der Waals surface area contributed by atoms with E-state index in [1.807, 2.05) is 0 Å². The van der Waals surface area contributed by atoms with Crippen LogP contribution in [0.3, 0.4) is 0 Å². The lowest BCUT2D eigenvalue weighted by atomic mass is 10.2. The molecule has 0 aliphatic carbocycles. The minimum Gasteiger partial charge on any atom is -0.484 e. The van der Waals surface area contributed by atoms with Gasteiger partial charge in [-0.2, -0.15) is 0 Å². The molecule has 0 unspecified atom stereocenters. The van der Waals surface area contributed by atoms with E-state index in [1.165, 1.54) is 30.3 Å². The van der Waals surface area contributed by atoms with E-state index >= 15 is 0 Å². The lowest BCUT2D eigenvalue weighted by Gasteiger charge is -2.12. The van der Waals surface area contributed by atoms with Gasteiger partial charge in [-0.05, 0) is 59.3 Å². The van der Waals surface area contributed by atoms with Gasteiger partial charge in [0.15, 0.2) is 19.0 Å². The topological polar surface area (TPSA) is 103 Å². The van der Waals surface area contributed by atoms with Gasteiger partial charge in [-0.25, -0.2) is 4.79 Å². The molecule has 0 atom stereocenters. The van der Waals surface area contributed by atoms with Crippen LogP contribution < -0.4 is 20.3 Å². The number of halogens is 3. The molecule has 11 heteroatoms. The SMILES string of the molecule is CCOC(=O)c1ccc(OCC(=O)NNC(=O)COc2c(Cl)cc(Cl)cc2Br)cc1. The molecule has 0 aliphatic heterocycles. The van der Waals surface area contributed by atoms with Crippen molar-refractivity contribution in [1.82, 2.24) is 10.9 Å². The van der Waals surface area contributed by atoms with Crippen LogP contribution in [0.2, 0.25) is 10.0 Å². The first kappa shape index (κ1) is 23.8. The van der Waals surface area contributed by atoms with Crippen LogP contribution in [0.5, 0.6) is 11.5 Å². The molecule has 0 bridgehead atoms. The Bertz CT molecular complexity index is 901. The van der Waals surface area contributed by atoms with E-state index in [-0.39, 0.29) is 24.0 Å². The van der Waals surface area contributed by atoms with E-state index in [1.54, 1.807) is 13.0 Å². The molecule has 0 aliphatic rings. The molecule has 30 heavy (non-hydrogen) atoms. The number of hydrogen-bond acceptors (Lipinski definition) is 6. The Hall–Kier alpha value is -2.49. The van der Waals surface area contributed by atoms with Gasteiger partial charge in [0.05, 0.1) is 21.7 Å². The van der Waals surface area contributed by atoms with E-state index in [2.05, 4.69) is 26.8 Å². The molecule has 0 saturated heterocycles. The van der Waals surface area contributed by atoms with Crippen LogP contribution in [0.15, 0.2) is 40.9 Å². The minimum atomic E-state index is -0.611. The van der Waals surface area contributed by atoms with Gasteiger partial charge in [0.1, 0.15) is 5.75 Å². The lowest BCUT2D eigenvalue weighted by molar-refractivity contribution is -0.131. The van der Waals surface area contributed by atoms with Crippen molar-refractivity contribution in [3.8, 4) is 11.5 Å². The molecule has 2 N–H and O–H groups in total. The number of hydrazine groups is 1. The first-order valence-electron chi connectivity index (χ1n) is 8.55. The number of carbonyl (C=O) groups is 3. The highest BCUT2D eigenvalue weighted by Crippen LogP contribution is 2.35. The molecule has 2 rings (SSSR count). The number of hydrogen-bond donors (Lipinski definition) is 2. The number of amides is 2. The van der Waals surface area contributed by atoms with Gasteiger partial charge in [0.25, 0.3) is 11.8 Å². The van der Waals surface area contributed by atoms with E-state index in [0.29, 0.717) is 20.8 Å². The van der Waals surface area contributed by atoms with Crippen LogP contribution >= 0.6 is 39.1 Å². The zero-order valence-electron chi connectivity index (χ0n) is 15.7. The van der Waals surface area contributed by atoms with E-state index < -0.39 is 24.4 Å². The zero-order valence-corrected chi connectivity index (χ0v) is 18.8. The summed E-state index contributed by atoms with van der Waals surface area (Å²) in [5.41, 5.74) is 4.75.